The average molecular weight is 401 g/mol. The average Bonchev–Trinajstić information content (AvgIpc) is 3.27. The molecule has 0 saturated heterocycles. The molecule has 0 aliphatic heterocycles. The van der Waals surface area contributed by atoms with E-state index in [4.69, 9.17) is 28.2 Å². The lowest BCUT2D eigenvalue weighted by atomic mass is 10.1. The number of carbonyl (C=O) groups excluding carboxylic acids is 1. The van der Waals surface area contributed by atoms with Crippen LogP contribution >= 0.6 is 23.2 Å². The smallest absolute Gasteiger partial charge is 0.288 e. The van der Waals surface area contributed by atoms with Crippen LogP contribution < -0.4 is 5.32 Å². The number of aromatic nitrogens is 5. The highest BCUT2D eigenvalue weighted by atomic mass is 35.5. The van der Waals surface area contributed by atoms with Gasteiger partial charge in [0.15, 0.2) is 0 Å². The van der Waals surface area contributed by atoms with Crippen molar-refractivity contribution in [3.8, 4) is 11.3 Å². The van der Waals surface area contributed by atoms with Crippen LogP contribution in [0.4, 0.5) is 0 Å². The summed E-state index contributed by atoms with van der Waals surface area (Å²) in [5.41, 5.74) is 3.22. The molecule has 0 saturated carbocycles. The number of pyridine rings is 1. The molecule has 1 N–H and O–H groups in total. The quantitative estimate of drug-likeness (QED) is 0.569. The van der Waals surface area contributed by atoms with Crippen LogP contribution in [0.1, 0.15) is 16.3 Å². The number of fused-ring (bicyclic) bond motifs is 1. The molecule has 0 aliphatic carbocycles. The topological polar surface area (TPSA) is 77.1 Å². The summed E-state index contributed by atoms with van der Waals surface area (Å²) >= 11 is 12.2. The lowest BCUT2D eigenvalue weighted by molar-refractivity contribution is 0.0947. The van der Waals surface area contributed by atoms with Crippen LogP contribution in [0.5, 0.6) is 0 Å². The summed E-state index contributed by atoms with van der Waals surface area (Å²) in [5.74, 6) is -0.0936. The van der Waals surface area contributed by atoms with Gasteiger partial charge in [0.05, 0.1) is 23.0 Å². The SMILES string of the molecule is CNC(=O)c1ncnn1Cc1c(-c2ccc(Cl)cc2)nc2ccc(Cl)cn12. The van der Waals surface area contributed by atoms with E-state index in [9.17, 15) is 4.79 Å². The van der Waals surface area contributed by atoms with E-state index in [1.807, 2.05) is 34.7 Å². The molecule has 4 rings (SSSR count). The first-order chi connectivity index (χ1) is 13.1. The van der Waals surface area contributed by atoms with E-state index in [1.54, 1.807) is 19.3 Å². The molecule has 3 heterocycles. The molecule has 0 fully saturated rings. The number of nitrogens with zero attached hydrogens (tertiary/aromatic N) is 5. The summed E-state index contributed by atoms with van der Waals surface area (Å²) in [7, 11) is 1.55. The van der Waals surface area contributed by atoms with E-state index in [0.717, 1.165) is 22.6 Å². The fourth-order valence-corrected chi connectivity index (χ4v) is 3.15. The first-order valence-corrected chi connectivity index (χ1v) is 8.84. The van der Waals surface area contributed by atoms with Gasteiger partial charge in [-0.15, -0.1) is 0 Å². The summed E-state index contributed by atoms with van der Waals surface area (Å²) in [6.45, 7) is 0.294. The lowest BCUT2D eigenvalue weighted by Crippen LogP contribution is -2.24. The number of carbonyl (C=O) groups is 1. The van der Waals surface area contributed by atoms with Gasteiger partial charge in [0.2, 0.25) is 5.82 Å². The van der Waals surface area contributed by atoms with Crippen molar-refractivity contribution < 1.29 is 4.79 Å². The molecular weight excluding hydrogens is 387 g/mol. The van der Waals surface area contributed by atoms with Gasteiger partial charge in [-0.1, -0.05) is 35.3 Å². The maximum absolute atomic E-state index is 12.0. The highest BCUT2D eigenvalue weighted by molar-refractivity contribution is 6.30. The van der Waals surface area contributed by atoms with E-state index < -0.39 is 0 Å². The van der Waals surface area contributed by atoms with Gasteiger partial charge in [0.25, 0.3) is 5.91 Å². The normalized spacial score (nSPS) is 11.1. The predicted molar refractivity (Wildman–Crippen MR) is 103 cm³/mol. The molecule has 1 amide bonds. The van der Waals surface area contributed by atoms with Gasteiger partial charge < -0.3 is 5.32 Å². The molecule has 136 valence electrons. The number of amides is 1. The van der Waals surface area contributed by atoms with Gasteiger partial charge in [-0.3, -0.25) is 9.20 Å². The maximum atomic E-state index is 12.0. The minimum Gasteiger partial charge on any atom is -0.352 e. The van der Waals surface area contributed by atoms with Crippen molar-refractivity contribution in [2.24, 2.45) is 0 Å². The molecule has 3 aromatic heterocycles. The van der Waals surface area contributed by atoms with Crippen molar-refractivity contribution >= 4 is 34.8 Å². The first kappa shape index (κ1) is 17.5. The fraction of sp³-hybridized carbons (Fsp3) is 0.111. The van der Waals surface area contributed by atoms with Crippen molar-refractivity contribution in [3.05, 3.63) is 70.5 Å². The van der Waals surface area contributed by atoms with Crippen molar-refractivity contribution in [2.75, 3.05) is 7.05 Å². The Hall–Kier alpha value is -2.90. The second-order valence-electron chi connectivity index (χ2n) is 5.81. The predicted octanol–water partition coefficient (Wildman–Crippen LogP) is 3.31. The first-order valence-electron chi connectivity index (χ1n) is 8.09. The summed E-state index contributed by atoms with van der Waals surface area (Å²) in [6.07, 6.45) is 3.14. The number of imidazole rings is 1. The molecule has 9 heteroatoms. The number of halogens is 2. The van der Waals surface area contributed by atoms with E-state index in [2.05, 4.69) is 15.4 Å². The Morgan fingerprint density at radius 3 is 2.59 bits per heavy atom. The minimum atomic E-state index is -0.313. The summed E-state index contributed by atoms with van der Waals surface area (Å²) in [6, 6.07) is 11.0. The Balaban J connectivity index is 1.89. The Kier molecular flexibility index (Phi) is 4.55. The Bertz CT molecular complexity index is 1130. The lowest BCUT2D eigenvalue weighted by Gasteiger charge is -2.08. The minimum absolute atomic E-state index is 0.219. The molecule has 0 bridgehead atoms. The van der Waals surface area contributed by atoms with Crippen LogP contribution in [-0.2, 0) is 6.54 Å². The Morgan fingerprint density at radius 1 is 1.11 bits per heavy atom. The molecule has 0 radical (unpaired) electrons. The number of hydrogen-bond acceptors (Lipinski definition) is 4. The second kappa shape index (κ2) is 7.02. The molecule has 1 aromatic carbocycles. The molecule has 0 aliphatic rings. The van der Waals surface area contributed by atoms with Crippen molar-refractivity contribution in [1.29, 1.82) is 0 Å². The third kappa shape index (κ3) is 3.27. The third-order valence-electron chi connectivity index (χ3n) is 4.14. The van der Waals surface area contributed by atoms with Crippen molar-refractivity contribution in [1.82, 2.24) is 29.5 Å². The Morgan fingerprint density at radius 2 is 1.85 bits per heavy atom. The molecule has 0 unspecified atom stereocenters. The zero-order valence-electron chi connectivity index (χ0n) is 14.2. The largest absolute Gasteiger partial charge is 0.352 e. The van der Waals surface area contributed by atoms with E-state index in [0.29, 0.717) is 16.6 Å². The van der Waals surface area contributed by atoms with Crippen LogP contribution in [-0.4, -0.2) is 37.1 Å². The second-order valence-corrected chi connectivity index (χ2v) is 6.68. The molecule has 4 aromatic rings. The molecule has 0 spiro atoms. The third-order valence-corrected chi connectivity index (χ3v) is 4.62. The standard InChI is InChI=1S/C18H14Cl2N6O/c1-21-18(27)17-22-10-23-26(17)9-14-16(11-2-4-12(19)5-3-11)24-15-7-6-13(20)8-25(14)15/h2-8,10H,9H2,1H3,(H,21,27). The summed E-state index contributed by atoms with van der Waals surface area (Å²) < 4.78 is 3.42. The van der Waals surface area contributed by atoms with Gasteiger partial charge in [0, 0.05) is 23.8 Å². The van der Waals surface area contributed by atoms with Gasteiger partial charge in [-0.2, -0.15) is 5.10 Å². The highest BCUT2D eigenvalue weighted by Gasteiger charge is 2.19. The highest BCUT2D eigenvalue weighted by Crippen LogP contribution is 2.27. The Labute approximate surface area is 164 Å². The number of hydrogen-bond donors (Lipinski definition) is 1. The fourth-order valence-electron chi connectivity index (χ4n) is 2.87. The van der Waals surface area contributed by atoms with E-state index >= 15 is 0 Å². The number of benzene rings is 1. The maximum Gasteiger partial charge on any atom is 0.288 e. The van der Waals surface area contributed by atoms with E-state index in [-0.39, 0.29) is 11.7 Å². The van der Waals surface area contributed by atoms with Crippen LogP contribution in [0.2, 0.25) is 10.0 Å². The van der Waals surface area contributed by atoms with Crippen LogP contribution in [0, 0.1) is 0 Å². The van der Waals surface area contributed by atoms with Crippen LogP contribution in [0.3, 0.4) is 0 Å². The summed E-state index contributed by atoms with van der Waals surface area (Å²) in [4.78, 5) is 20.8. The monoisotopic (exact) mass is 400 g/mol. The van der Waals surface area contributed by atoms with Crippen molar-refractivity contribution in [2.45, 2.75) is 6.54 Å². The molecule has 27 heavy (non-hydrogen) atoms. The van der Waals surface area contributed by atoms with Crippen LogP contribution in [0.15, 0.2) is 48.9 Å². The molecule has 0 atom stereocenters. The zero-order chi connectivity index (χ0) is 19.0. The van der Waals surface area contributed by atoms with Crippen LogP contribution in [0.25, 0.3) is 16.9 Å². The number of rotatable bonds is 4. The van der Waals surface area contributed by atoms with Gasteiger partial charge in [-0.05, 0) is 24.3 Å². The van der Waals surface area contributed by atoms with Gasteiger partial charge >= 0.3 is 0 Å². The molecular formula is C18H14Cl2N6O. The van der Waals surface area contributed by atoms with Crippen molar-refractivity contribution in [3.63, 3.8) is 0 Å². The number of nitrogens with one attached hydrogen (secondary N) is 1. The van der Waals surface area contributed by atoms with Gasteiger partial charge in [0.1, 0.15) is 12.0 Å². The van der Waals surface area contributed by atoms with Gasteiger partial charge in [-0.25, -0.2) is 14.6 Å². The van der Waals surface area contributed by atoms with E-state index in [1.165, 1.54) is 11.0 Å². The zero-order valence-corrected chi connectivity index (χ0v) is 15.7. The summed E-state index contributed by atoms with van der Waals surface area (Å²) in [5, 5.41) is 7.97. The molecule has 7 nitrogen and oxygen atoms in total.